The maximum Gasteiger partial charge on any atom is 0.238 e. The van der Waals surface area contributed by atoms with Crippen molar-refractivity contribution in [2.24, 2.45) is 5.14 Å². The Bertz CT molecular complexity index is 702. The molecule has 4 nitrogen and oxygen atoms in total. The van der Waals surface area contributed by atoms with Crippen LogP contribution in [0.25, 0.3) is 0 Å². The molecule has 0 saturated carbocycles. The van der Waals surface area contributed by atoms with Gasteiger partial charge in [0.05, 0.1) is 4.90 Å². The molecule has 0 spiro atoms. The summed E-state index contributed by atoms with van der Waals surface area (Å²) in [4.78, 5) is 0.0855. The molecule has 1 unspecified atom stereocenters. The van der Waals surface area contributed by atoms with Crippen LogP contribution in [0.2, 0.25) is 0 Å². The molecular formula is C14H15BrN2O2S. The van der Waals surface area contributed by atoms with Crippen molar-refractivity contribution in [2.45, 2.75) is 17.9 Å². The second kappa shape index (κ2) is 5.95. The molecule has 2 rings (SSSR count). The maximum atomic E-state index is 11.3. The monoisotopic (exact) mass is 354 g/mol. The Labute approximate surface area is 127 Å². The highest BCUT2D eigenvalue weighted by molar-refractivity contribution is 9.10. The lowest BCUT2D eigenvalue weighted by Crippen LogP contribution is -2.12. The van der Waals surface area contributed by atoms with Crippen molar-refractivity contribution in [2.75, 3.05) is 5.32 Å². The number of benzene rings is 2. The Balaban J connectivity index is 2.23. The van der Waals surface area contributed by atoms with Crippen LogP contribution in [0.5, 0.6) is 0 Å². The number of sulfonamides is 1. The Morgan fingerprint density at radius 3 is 2.35 bits per heavy atom. The van der Waals surface area contributed by atoms with Crippen LogP contribution in [0, 0.1) is 0 Å². The van der Waals surface area contributed by atoms with Gasteiger partial charge in [0.2, 0.25) is 10.0 Å². The zero-order valence-corrected chi connectivity index (χ0v) is 13.3. The Hall–Kier alpha value is -1.37. The molecule has 0 heterocycles. The number of primary sulfonamides is 1. The Morgan fingerprint density at radius 2 is 1.80 bits per heavy atom. The van der Waals surface area contributed by atoms with Crippen LogP contribution in [0.3, 0.4) is 0 Å². The molecular weight excluding hydrogens is 340 g/mol. The number of hydrogen-bond donors (Lipinski definition) is 2. The van der Waals surface area contributed by atoms with Gasteiger partial charge >= 0.3 is 0 Å². The van der Waals surface area contributed by atoms with Crippen LogP contribution in [-0.4, -0.2) is 8.42 Å². The van der Waals surface area contributed by atoms with Crippen LogP contribution in [0.15, 0.2) is 57.9 Å². The van der Waals surface area contributed by atoms with E-state index in [0.717, 1.165) is 11.3 Å². The van der Waals surface area contributed by atoms with Crippen LogP contribution in [-0.2, 0) is 10.0 Å². The third kappa shape index (κ3) is 3.59. The van der Waals surface area contributed by atoms with E-state index < -0.39 is 10.0 Å². The zero-order chi connectivity index (χ0) is 14.8. The van der Waals surface area contributed by atoms with E-state index in [1.165, 1.54) is 12.1 Å². The predicted octanol–water partition coefficient (Wildman–Crippen LogP) is 3.27. The largest absolute Gasteiger partial charge is 0.378 e. The number of rotatable bonds is 4. The summed E-state index contributed by atoms with van der Waals surface area (Å²) in [5, 5.41) is 8.42. The van der Waals surface area contributed by atoms with Gasteiger partial charge in [0.1, 0.15) is 0 Å². The second-order valence-corrected chi connectivity index (χ2v) is 6.88. The van der Waals surface area contributed by atoms with Crippen molar-refractivity contribution in [1.29, 1.82) is 0 Å². The fraction of sp³-hybridized carbons (Fsp3) is 0.143. The number of halogens is 1. The van der Waals surface area contributed by atoms with Crippen LogP contribution < -0.4 is 10.5 Å². The first-order valence-corrected chi connectivity index (χ1v) is 8.35. The lowest BCUT2D eigenvalue weighted by Gasteiger charge is -2.17. The van der Waals surface area contributed by atoms with Gasteiger partial charge in [-0.05, 0) is 46.6 Å². The third-order valence-electron chi connectivity index (χ3n) is 2.94. The SMILES string of the molecule is CC(Nc1ccc(S(N)(=O)=O)cc1Br)c1ccccc1. The topological polar surface area (TPSA) is 72.2 Å². The standard InChI is InChI=1S/C14H15BrN2O2S/c1-10(11-5-3-2-4-6-11)17-14-8-7-12(9-13(14)15)20(16,18)19/h2-10,17H,1H3,(H2,16,18,19). The summed E-state index contributed by atoms with van der Waals surface area (Å²) >= 11 is 3.36. The van der Waals surface area contributed by atoms with E-state index >= 15 is 0 Å². The second-order valence-electron chi connectivity index (χ2n) is 4.46. The molecule has 0 bridgehead atoms. The molecule has 0 amide bonds. The quantitative estimate of drug-likeness (QED) is 0.884. The summed E-state index contributed by atoms with van der Waals surface area (Å²) in [5.74, 6) is 0. The van der Waals surface area contributed by atoms with E-state index in [2.05, 4.69) is 21.2 Å². The van der Waals surface area contributed by atoms with Crippen molar-refractivity contribution in [3.63, 3.8) is 0 Å². The molecule has 106 valence electrons. The first kappa shape index (κ1) is 15.0. The molecule has 1 atom stereocenters. The van der Waals surface area contributed by atoms with Crippen molar-refractivity contribution >= 4 is 31.6 Å². The summed E-state index contributed by atoms with van der Waals surface area (Å²) in [6.45, 7) is 2.04. The molecule has 0 radical (unpaired) electrons. The first-order chi connectivity index (χ1) is 9.38. The van der Waals surface area contributed by atoms with Gasteiger partial charge in [-0.1, -0.05) is 30.3 Å². The van der Waals surface area contributed by atoms with Crippen molar-refractivity contribution < 1.29 is 8.42 Å². The lowest BCUT2D eigenvalue weighted by molar-refractivity contribution is 0.598. The van der Waals surface area contributed by atoms with Gasteiger partial charge in [0.25, 0.3) is 0 Å². The van der Waals surface area contributed by atoms with E-state index in [0.29, 0.717) is 4.47 Å². The summed E-state index contributed by atoms with van der Waals surface area (Å²) < 4.78 is 23.2. The Morgan fingerprint density at radius 1 is 1.15 bits per heavy atom. The van der Waals surface area contributed by atoms with Gasteiger partial charge in [-0.3, -0.25) is 0 Å². The maximum absolute atomic E-state index is 11.3. The molecule has 0 aliphatic heterocycles. The minimum atomic E-state index is -3.68. The van der Waals surface area contributed by atoms with Gasteiger partial charge in [-0.15, -0.1) is 0 Å². The minimum absolute atomic E-state index is 0.0855. The zero-order valence-electron chi connectivity index (χ0n) is 10.9. The van der Waals surface area contributed by atoms with Crippen molar-refractivity contribution in [1.82, 2.24) is 0 Å². The van der Waals surface area contributed by atoms with E-state index in [1.54, 1.807) is 6.07 Å². The van der Waals surface area contributed by atoms with Crippen molar-refractivity contribution in [3.8, 4) is 0 Å². The summed E-state index contributed by atoms with van der Waals surface area (Å²) in [7, 11) is -3.68. The highest BCUT2D eigenvalue weighted by Crippen LogP contribution is 2.28. The highest BCUT2D eigenvalue weighted by atomic mass is 79.9. The van der Waals surface area contributed by atoms with Crippen LogP contribution in [0.1, 0.15) is 18.5 Å². The number of nitrogens with one attached hydrogen (secondary N) is 1. The average molecular weight is 355 g/mol. The molecule has 0 aromatic heterocycles. The van der Waals surface area contributed by atoms with Gasteiger partial charge in [-0.2, -0.15) is 0 Å². The fourth-order valence-electron chi connectivity index (χ4n) is 1.85. The summed E-state index contributed by atoms with van der Waals surface area (Å²) in [5.41, 5.74) is 1.96. The lowest BCUT2D eigenvalue weighted by atomic mass is 10.1. The minimum Gasteiger partial charge on any atom is -0.378 e. The van der Waals surface area contributed by atoms with Crippen LogP contribution in [0.4, 0.5) is 5.69 Å². The van der Waals surface area contributed by atoms with E-state index in [-0.39, 0.29) is 10.9 Å². The van der Waals surface area contributed by atoms with Gasteiger partial charge in [0.15, 0.2) is 0 Å². The molecule has 0 fully saturated rings. The normalized spacial score (nSPS) is 12.9. The number of anilines is 1. The van der Waals surface area contributed by atoms with Crippen LogP contribution >= 0.6 is 15.9 Å². The molecule has 0 aliphatic rings. The van der Waals surface area contributed by atoms with E-state index in [9.17, 15) is 8.42 Å². The first-order valence-electron chi connectivity index (χ1n) is 6.02. The third-order valence-corrected chi connectivity index (χ3v) is 4.51. The van der Waals surface area contributed by atoms with Crippen molar-refractivity contribution in [3.05, 3.63) is 58.6 Å². The molecule has 6 heteroatoms. The van der Waals surface area contributed by atoms with Gasteiger partial charge < -0.3 is 5.32 Å². The molecule has 2 aromatic rings. The number of hydrogen-bond acceptors (Lipinski definition) is 3. The molecule has 0 aliphatic carbocycles. The average Bonchev–Trinajstić information content (AvgIpc) is 2.41. The molecule has 2 aromatic carbocycles. The van der Waals surface area contributed by atoms with Gasteiger partial charge in [0, 0.05) is 16.2 Å². The molecule has 20 heavy (non-hydrogen) atoms. The van der Waals surface area contributed by atoms with E-state index in [4.69, 9.17) is 5.14 Å². The smallest absolute Gasteiger partial charge is 0.238 e. The number of nitrogens with two attached hydrogens (primary N) is 1. The van der Waals surface area contributed by atoms with E-state index in [1.807, 2.05) is 37.3 Å². The molecule has 0 saturated heterocycles. The predicted molar refractivity (Wildman–Crippen MR) is 84.0 cm³/mol. The Kier molecular flexibility index (Phi) is 4.47. The summed E-state index contributed by atoms with van der Waals surface area (Å²) in [6, 6.07) is 14.8. The highest BCUT2D eigenvalue weighted by Gasteiger charge is 2.12. The summed E-state index contributed by atoms with van der Waals surface area (Å²) in [6.07, 6.45) is 0. The molecule has 3 N–H and O–H groups in total. The fourth-order valence-corrected chi connectivity index (χ4v) is 3.03. The van der Waals surface area contributed by atoms with Gasteiger partial charge in [-0.25, -0.2) is 13.6 Å².